The molecule has 110 valence electrons. The zero-order valence-corrected chi connectivity index (χ0v) is 11.9. The summed E-state index contributed by atoms with van der Waals surface area (Å²) in [6.07, 6.45) is 2.82. The van der Waals surface area contributed by atoms with Crippen LogP contribution >= 0.6 is 0 Å². The third kappa shape index (κ3) is 3.06. The monoisotopic (exact) mass is 302 g/mol. The Morgan fingerprint density at radius 3 is 2.35 bits per heavy atom. The van der Waals surface area contributed by atoms with Gasteiger partial charge >= 0.3 is 0 Å². The first-order valence-electron chi connectivity index (χ1n) is 6.48. The molecule has 0 aliphatic heterocycles. The van der Waals surface area contributed by atoms with Gasteiger partial charge in [-0.3, -0.25) is 4.79 Å². The number of carbonyl (C=O) groups excluding carboxylic acids is 1. The predicted octanol–water partition coefficient (Wildman–Crippen LogP) is 2.75. The van der Waals surface area contributed by atoms with Crippen molar-refractivity contribution in [1.82, 2.24) is 0 Å². The topological polar surface area (TPSA) is 51.2 Å². The van der Waals surface area contributed by atoms with Crippen molar-refractivity contribution in [2.45, 2.75) is 30.9 Å². The molecule has 1 aromatic carbocycles. The van der Waals surface area contributed by atoms with Gasteiger partial charge in [-0.1, -0.05) is 12.5 Å². The molecule has 3 nitrogen and oxygen atoms in total. The second-order valence-corrected chi connectivity index (χ2v) is 7.60. The second kappa shape index (κ2) is 5.60. The zero-order chi connectivity index (χ0) is 14.9. The molecule has 1 aromatic rings. The predicted molar refractivity (Wildman–Crippen MR) is 71.3 cm³/mol. The standard InChI is InChI=1S/C14H16F2O3S/c1-20(18,19)10-5-2-4-9(8-10)14(17)13-11(15)6-3-7-12(13)16/h3,6-7,9-10H,2,4-5,8H2,1H3. The maximum absolute atomic E-state index is 13.6. The van der Waals surface area contributed by atoms with Crippen LogP contribution < -0.4 is 0 Å². The molecule has 0 N–H and O–H groups in total. The Balaban J connectivity index is 2.26. The highest BCUT2D eigenvalue weighted by atomic mass is 32.2. The average Bonchev–Trinajstić information content (AvgIpc) is 2.37. The van der Waals surface area contributed by atoms with E-state index in [0.29, 0.717) is 19.3 Å². The van der Waals surface area contributed by atoms with Gasteiger partial charge in [0.05, 0.1) is 10.8 Å². The quantitative estimate of drug-likeness (QED) is 0.807. The fraction of sp³-hybridized carbons (Fsp3) is 0.500. The molecule has 1 aliphatic carbocycles. The number of carbonyl (C=O) groups is 1. The van der Waals surface area contributed by atoms with Crippen molar-refractivity contribution < 1.29 is 22.0 Å². The van der Waals surface area contributed by atoms with Crippen LogP contribution in [0, 0.1) is 17.6 Å². The second-order valence-electron chi connectivity index (χ2n) is 5.28. The van der Waals surface area contributed by atoms with Gasteiger partial charge in [0.25, 0.3) is 0 Å². The molecule has 0 spiro atoms. The number of halogens is 2. The Morgan fingerprint density at radius 2 is 1.80 bits per heavy atom. The number of sulfone groups is 1. The average molecular weight is 302 g/mol. The summed E-state index contributed by atoms with van der Waals surface area (Å²) in [6, 6.07) is 3.27. The number of ketones is 1. The molecule has 0 saturated heterocycles. The van der Waals surface area contributed by atoms with E-state index >= 15 is 0 Å². The largest absolute Gasteiger partial charge is 0.294 e. The van der Waals surface area contributed by atoms with Crippen LogP contribution in [0.1, 0.15) is 36.0 Å². The fourth-order valence-electron chi connectivity index (χ4n) is 2.71. The summed E-state index contributed by atoms with van der Waals surface area (Å²) in [6.45, 7) is 0. The minimum atomic E-state index is -3.23. The summed E-state index contributed by atoms with van der Waals surface area (Å²) >= 11 is 0. The fourth-order valence-corrected chi connectivity index (χ4v) is 3.89. The molecule has 2 unspecified atom stereocenters. The Kier molecular flexibility index (Phi) is 4.22. The normalized spacial score (nSPS) is 23.6. The van der Waals surface area contributed by atoms with E-state index < -0.39 is 44.0 Å². The molecule has 1 saturated carbocycles. The van der Waals surface area contributed by atoms with Crippen molar-refractivity contribution >= 4 is 15.6 Å². The molecule has 2 atom stereocenters. The third-order valence-electron chi connectivity index (χ3n) is 3.81. The van der Waals surface area contributed by atoms with E-state index in [-0.39, 0.29) is 6.42 Å². The number of hydrogen-bond acceptors (Lipinski definition) is 3. The minimum absolute atomic E-state index is 0.144. The van der Waals surface area contributed by atoms with Crippen molar-refractivity contribution in [2.24, 2.45) is 5.92 Å². The van der Waals surface area contributed by atoms with Crippen molar-refractivity contribution in [3.8, 4) is 0 Å². The van der Waals surface area contributed by atoms with Gasteiger partial charge in [-0.15, -0.1) is 0 Å². The molecule has 0 amide bonds. The lowest BCUT2D eigenvalue weighted by molar-refractivity contribution is 0.0882. The van der Waals surface area contributed by atoms with Gasteiger partial charge in [-0.25, -0.2) is 17.2 Å². The summed E-state index contributed by atoms with van der Waals surface area (Å²) in [5.41, 5.74) is -0.549. The zero-order valence-electron chi connectivity index (χ0n) is 11.1. The number of hydrogen-bond donors (Lipinski definition) is 0. The van der Waals surface area contributed by atoms with E-state index in [2.05, 4.69) is 0 Å². The van der Waals surface area contributed by atoms with Crippen LogP contribution in [0.25, 0.3) is 0 Å². The lowest BCUT2D eigenvalue weighted by Crippen LogP contribution is -2.31. The highest BCUT2D eigenvalue weighted by Crippen LogP contribution is 2.31. The van der Waals surface area contributed by atoms with Crippen LogP contribution in [0.2, 0.25) is 0 Å². The van der Waals surface area contributed by atoms with E-state index in [1.165, 1.54) is 6.07 Å². The highest BCUT2D eigenvalue weighted by molar-refractivity contribution is 7.91. The summed E-state index contributed by atoms with van der Waals surface area (Å²) in [5.74, 6) is -3.04. The Morgan fingerprint density at radius 1 is 1.20 bits per heavy atom. The smallest absolute Gasteiger partial charge is 0.171 e. The molecule has 0 aromatic heterocycles. The van der Waals surface area contributed by atoms with E-state index in [4.69, 9.17) is 0 Å². The van der Waals surface area contributed by atoms with Crippen LogP contribution in [0.15, 0.2) is 18.2 Å². The number of rotatable bonds is 3. The van der Waals surface area contributed by atoms with Gasteiger partial charge in [-0.2, -0.15) is 0 Å². The Bertz CT molecular complexity index is 605. The van der Waals surface area contributed by atoms with E-state index in [1.54, 1.807) is 0 Å². The number of benzene rings is 1. The van der Waals surface area contributed by atoms with Crippen molar-refractivity contribution in [3.05, 3.63) is 35.4 Å². The first kappa shape index (κ1) is 15.1. The number of Topliss-reactive ketones (excluding diaryl/α,β-unsaturated/α-hetero) is 1. The van der Waals surface area contributed by atoms with E-state index in [1.807, 2.05) is 0 Å². The first-order chi connectivity index (χ1) is 9.30. The van der Waals surface area contributed by atoms with Gasteiger partial charge in [-0.05, 0) is 31.4 Å². The third-order valence-corrected chi connectivity index (χ3v) is 5.45. The van der Waals surface area contributed by atoms with E-state index in [9.17, 15) is 22.0 Å². The van der Waals surface area contributed by atoms with Crippen LogP contribution in [0.4, 0.5) is 8.78 Å². The minimum Gasteiger partial charge on any atom is -0.294 e. The lowest BCUT2D eigenvalue weighted by atomic mass is 9.83. The van der Waals surface area contributed by atoms with Crippen molar-refractivity contribution in [3.63, 3.8) is 0 Å². The van der Waals surface area contributed by atoms with Gasteiger partial charge in [0.15, 0.2) is 5.78 Å². The molecular weight excluding hydrogens is 286 g/mol. The van der Waals surface area contributed by atoms with Crippen molar-refractivity contribution in [2.75, 3.05) is 6.26 Å². The summed E-state index contributed by atoms with van der Waals surface area (Å²) < 4.78 is 50.3. The molecule has 0 bridgehead atoms. The van der Waals surface area contributed by atoms with Crippen LogP contribution in [0.5, 0.6) is 0 Å². The maximum Gasteiger partial charge on any atom is 0.171 e. The van der Waals surface area contributed by atoms with Crippen LogP contribution in [-0.4, -0.2) is 25.7 Å². The molecule has 20 heavy (non-hydrogen) atoms. The Hall–Kier alpha value is -1.30. The maximum atomic E-state index is 13.6. The molecule has 6 heteroatoms. The lowest BCUT2D eigenvalue weighted by Gasteiger charge is -2.27. The van der Waals surface area contributed by atoms with Gasteiger partial charge in [0.2, 0.25) is 0 Å². The molecule has 1 fully saturated rings. The molecule has 0 heterocycles. The van der Waals surface area contributed by atoms with Gasteiger partial charge in [0, 0.05) is 12.2 Å². The summed E-state index contributed by atoms with van der Waals surface area (Å²) in [7, 11) is -3.23. The molecule has 1 aliphatic rings. The van der Waals surface area contributed by atoms with Crippen LogP contribution in [-0.2, 0) is 9.84 Å². The SMILES string of the molecule is CS(=O)(=O)C1CCCC(C(=O)c2c(F)cccc2F)C1. The summed E-state index contributed by atoms with van der Waals surface area (Å²) in [5, 5.41) is -0.597. The molecule has 0 radical (unpaired) electrons. The molecule has 2 rings (SSSR count). The molecular formula is C14H16F2O3S. The Labute approximate surface area is 116 Å². The highest BCUT2D eigenvalue weighted by Gasteiger charge is 2.34. The van der Waals surface area contributed by atoms with Gasteiger partial charge in [0.1, 0.15) is 21.5 Å². The van der Waals surface area contributed by atoms with Gasteiger partial charge < -0.3 is 0 Å². The first-order valence-corrected chi connectivity index (χ1v) is 8.43. The summed E-state index contributed by atoms with van der Waals surface area (Å²) in [4.78, 5) is 12.2. The van der Waals surface area contributed by atoms with Crippen LogP contribution in [0.3, 0.4) is 0 Å². The van der Waals surface area contributed by atoms with Crippen molar-refractivity contribution in [1.29, 1.82) is 0 Å². The van der Waals surface area contributed by atoms with E-state index in [0.717, 1.165) is 18.4 Å².